The molecule has 2 aromatic heterocycles. The number of fused-ring (bicyclic) bond motifs is 1. The minimum atomic E-state index is -1.26. The highest BCUT2D eigenvalue weighted by Gasteiger charge is 2.22. The smallest absolute Gasteiger partial charge is 0.357 e. The minimum absolute atomic E-state index is 0.000226. The number of carboxylic acids is 1. The Kier molecular flexibility index (Phi) is 3.03. The van der Waals surface area contributed by atoms with Crippen LogP contribution in [0.25, 0.3) is 5.65 Å². The van der Waals surface area contributed by atoms with E-state index in [0.717, 1.165) is 0 Å². The Hall–Kier alpha value is -1.24. The molecule has 0 aromatic carbocycles. The molecule has 6 nitrogen and oxygen atoms in total. The molecule has 0 spiro atoms. The molecule has 0 fully saturated rings. The number of imidazole rings is 1. The average Bonchev–Trinajstić information content (AvgIpc) is 2.62. The number of rotatable bonds is 2. The summed E-state index contributed by atoms with van der Waals surface area (Å²) in [6, 6.07) is 0. The van der Waals surface area contributed by atoms with Gasteiger partial charge in [-0.15, -0.1) is 0 Å². The molecule has 0 aliphatic rings. The van der Waals surface area contributed by atoms with Crippen molar-refractivity contribution in [2.24, 2.45) is 0 Å². The van der Waals surface area contributed by atoms with Gasteiger partial charge in [-0.2, -0.15) is 0 Å². The Morgan fingerprint density at radius 1 is 1.29 bits per heavy atom. The number of carbonyl (C=O) groups is 1. The number of nitrogens with one attached hydrogen (secondary N) is 1. The van der Waals surface area contributed by atoms with Crippen LogP contribution in [0.3, 0.4) is 0 Å². The number of anilines is 1. The highest BCUT2D eigenvalue weighted by atomic mass is 35.5. The number of aromatic carboxylic acids is 1. The van der Waals surface area contributed by atoms with Crippen molar-refractivity contribution in [2.45, 2.75) is 0 Å². The van der Waals surface area contributed by atoms with Crippen molar-refractivity contribution >= 4 is 52.2 Å². The molecule has 0 saturated carbocycles. The molecule has 9 heteroatoms. The number of carboxylic acid groups (broad SMARTS) is 1. The minimum Gasteiger partial charge on any atom is -0.476 e. The van der Waals surface area contributed by atoms with Gasteiger partial charge in [0.2, 0.25) is 0 Å². The second kappa shape index (κ2) is 4.21. The molecule has 0 saturated heterocycles. The predicted molar refractivity (Wildman–Crippen MR) is 64.5 cm³/mol. The molecule has 0 atom stereocenters. The molecule has 90 valence electrons. The molecule has 0 aliphatic heterocycles. The van der Waals surface area contributed by atoms with Crippen molar-refractivity contribution in [3.05, 3.63) is 21.2 Å². The summed E-state index contributed by atoms with van der Waals surface area (Å²) < 4.78 is 1.22. The van der Waals surface area contributed by atoms with E-state index < -0.39 is 5.97 Å². The second-order valence-electron chi connectivity index (χ2n) is 3.01. The SMILES string of the molecule is CNc1nc(Cl)c(Cl)n2c(Cl)c(C(=O)O)nc12. The maximum absolute atomic E-state index is 10.9. The average molecular weight is 296 g/mol. The maximum atomic E-state index is 10.9. The highest BCUT2D eigenvalue weighted by Crippen LogP contribution is 2.30. The molecule has 2 N–H and O–H groups in total. The van der Waals surface area contributed by atoms with Gasteiger partial charge < -0.3 is 10.4 Å². The molecule has 2 rings (SSSR count). The fourth-order valence-electron chi connectivity index (χ4n) is 1.33. The monoisotopic (exact) mass is 294 g/mol. The summed E-state index contributed by atoms with van der Waals surface area (Å²) in [4.78, 5) is 18.7. The zero-order valence-corrected chi connectivity index (χ0v) is 10.6. The highest BCUT2D eigenvalue weighted by molar-refractivity contribution is 6.41. The third kappa shape index (κ3) is 1.78. The number of halogens is 3. The first-order chi connectivity index (χ1) is 7.97. The van der Waals surface area contributed by atoms with Crippen LogP contribution in [0, 0.1) is 0 Å². The summed E-state index contributed by atoms with van der Waals surface area (Å²) in [5.74, 6) is -0.971. The van der Waals surface area contributed by atoms with E-state index in [2.05, 4.69) is 15.3 Å². The Morgan fingerprint density at radius 2 is 1.94 bits per heavy atom. The van der Waals surface area contributed by atoms with Crippen molar-refractivity contribution in [1.29, 1.82) is 0 Å². The molecule has 2 aromatic rings. The Balaban J connectivity index is 2.94. The van der Waals surface area contributed by atoms with Gasteiger partial charge in [0, 0.05) is 7.05 Å². The molecule has 0 aliphatic carbocycles. The number of hydrogen-bond acceptors (Lipinski definition) is 4. The lowest BCUT2D eigenvalue weighted by Gasteiger charge is -2.05. The first-order valence-corrected chi connectivity index (χ1v) is 5.44. The van der Waals surface area contributed by atoms with Crippen LogP contribution in [0.15, 0.2) is 0 Å². The van der Waals surface area contributed by atoms with Gasteiger partial charge in [0.05, 0.1) is 0 Å². The van der Waals surface area contributed by atoms with Crippen molar-refractivity contribution in [1.82, 2.24) is 14.4 Å². The van der Waals surface area contributed by atoms with Gasteiger partial charge in [-0.3, -0.25) is 4.40 Å². The first-order valence-electron chi connectivity index (χ1n) is 4.31. The number of hydrogen-bond donors (Lipinski definition) is 2. The molecule has 0 radical (unpaired) electrons. The maximum Gasteiger partial charge on any atom is 0.357 e. The van der Waals surface area contributed by atoms with Crippen LogP contribution >= 0.6 is 34.8 Å². The fourth-order valence-corrected chi connectivity index (χ4v) is 2.04. The predicted octanol–water partition coefficient (Wildman–Crippen LogP) is 2.43. The number of nitrogens with zero attached hydrogens (tertiary/aromatic N) is 3. The molecule has 0 amide bonds. The Morgan fingerprint density at radius 3 is 2.47 bits per heavy atom. The van der Waals surface area contributed by atoms with E-state index in [4.69, 9.17) is 39.9 Å². The van der Waals surface area contributed by atoms with Crippen molar-refractivity contribution in [2.75, 3.05) is 12.4 Å². The van der Waals surface area contributed by atoms with E-state index in [-0.39, 0.29) is 32.6 Å². The second-order valence-corrected chi connectivity index (χ2v) is 4.08. The van der Waals surface area contributed by atoms with E-state index in [1.807, 2.05) is 0 Å². The summed E-state index contributed by atoms with van der Waals surface area (Å²) in [7, 11) is 1.59. The van der Waals surface area contributed by atoms with Crippen LogP contribution < -0.4 is 5.32 Å². The molecule has 17 heavy (non-hydrogen) atoms. The molecule has 2 heterocycles. The van der Waals surface area contributed by atoms with E-state index in [1.54, 1.807) is 7.05 Å². The topological polar surface area (TPSA) is 79.5 Å². The summed E-state index contributed by atoms with van der Waals surface area (Å²) in [5.41, 5.74) is -0.113. The summed E-state index contributed by atoms with van der Waals surface area (Å²) >= 11 is 17.6. The normalized spacial score (nSPS) is 10.8. The lowest BCUT2D eigenvalue weighted by Crippen LogP contribution is -1.99. The van der Waals surface area contributed by atoms with Crippen molar-refractivity contribution in [3.63, 3.8) is 0 Å². The van der Waals surface area contributed by atoms with E-state index in [9.17, 15) is 4.79 Å². The van der Waals surface area contributed by atoms with Crippen LogP contribution in [-0.4, -0.2) is 32.5 Å². The summed E-state index contributed by atoms with van der Waals surface area (Å²) in [5, 5.41) is 11.5. The van der Waals surface area contributed by atoms with E-state index >= 15 is 0 Å². The van der Waals surface area contributed by atoms with Crippen molar-refractivity contribution < 1.29 is 9.90 Å². The van der Waals surface area contributed by atoms with Gasteiger partial charge in [0.15, 0.2) is 27.5 Å². The van der Waals surface area contributed by atoms with Gasteiger partial charge in [-0.25, -0.2) is 14.8 Å². The largest absolute Gasteiger partial charge is 0.476 e. The first kappa shape index (κ1) is 12.2. The molecular weight excluding hydrogens is 290 g/mol. The van der Waals surface area contributed by atoms with Crippen LogP contribution in [-0.2, 0) is 0 Å². The fraction of sp³-hybridized carbons (Fsp3) is 0.125. The number of aromatic nitrogens is 3. The van der Waals surface area contributed by atoms with Crippen LogP contribution in [0.5, 0.6) is 0 Å². The quantitative estimate of drug-likeness (QED) is 0.889. The summed E-state index contributed by atoms with van der Waals surface area (Å²) in [6.07, 6.45) is 0. The zero-order valence-electron chi connectivity index (χ0n) is 8.33. The molecule has 0 unspecified atom stereocenters. The van der Waals surface area contributed by atoms with Crippen LogP contribution in [0.1, 0.15) is 10.5 Å². The van der Waals surface area contributed by atoms with Gasteiger partial charge in [-0.05, 0) is 0 Å². The molecular formula is C8H5Cl3N4O2. The lowest BCUT2D eigenvalue weighted by atomic mass is 10.5. The van der Waals surface area contributed by atoms with Crippen molar-refractivity contribution in [3.8, 4) is 0 Å². The van der Waals surface area contributed by atoms with Crippen LogP contribution in [0.2, 0.25) is 15.5 Å². The third-order valence-corrected chi connectivity index (χ3v) is 3.11. The van der Waals surface area contributed by atoms with Gasteiger partial charge in [0.25, 0.3) is 0 Å². The zero-order chi connectivity index (χ0) is 12.7. The van der Waals surface area contributed by atoms with Crippen LogP contribution in [0.4, 0.5) is 5.82 Å². The lowest BCUT2D eigenvalue weighted by molar-refractivity contribution is 0.0691. The third-order valence-electron chi connectivity index (χ3n) is 2.05. The van der Waals surface area contributed by atoms with Gasteiger partial charge >= 0.3 is 5.97 Å². The Bertz CT molecular complexity index is 625. The summed E-state index contributed by atoms with van der Waals surface area (Å²) in [6.45, 7) is 0. The van der Waals surface area contributed by atoms with Gasteiger partial charge in [-0.1, -0.05) is 34.8 Å². The molecule has 0 bridgehead atoms. The van der Waals surface area contributed by atoms with Gasteiger partial charge in [0.1, 0.15) is 5.15 Å². The van der Waals surface area contributed by atoms with E-state index in [1.165, 1.54) is 4.40 Å². The standard InChI is InChI=1S/C8H5Cl3N4O2/c1-12-6-7-13-2(8(16)17)4(10)15(7)5(11)3(9)14-6/h1H3,(H,12,14)(H,16,17). The van der Waals surface area contributed by atoms with E-state index in [0.29, 0.717) is 0 Å². The Labute approximate surface area is 110 Å².